The van der Waals surface area contributed by atoms with E-state index in [9.17, 15) is 15.0 Å². The van der Waals surface area contributed by atoms with Gasteiger partial charge in [-0.1, -0.05) is 19.8 Å². The molecule has 1 aliphatic carbocycles. The molecule has 5 nitrogen and oxygen atoms in total. The molecule has 4 atom stereocenters. The number of β-amino-alcohol motifs (C(OH)–C–C–N with tert-alkyl or cyclic N) is 1. The number of carbonyl (C=O) groups excluding carboxylic acids is 1. The zero-order chi connectivity index (χ0) is 13.2. The first-order valence-corrected chi connectivity index (χ1v) is 6.88. The summed E-state index contributed by atoms with van der Waals surface area (Å²) in [5, 5.41) is 25.3. The van der Waals surface area contributed by atoms with Crippen LogP contribution in [0.15, 0.2) is 0 Å². The van der Waals surface area contributed by atoms with Gasteiger partial charge in [0, 0.05) is 18.5 Å². The lowest BCUT2D eigenvalue weighted by Gasteiger charge is -2.38. The molecule has 2 fully saturated rings. The molecule has 18 heavy (non-hydrogen) atoms. The van der Waals surface area contributed by atoms with Gasteiger partial charge < -0.3 is 20.8 Å². The standard InChI is InChI=1S/C13H24N2O3/c1-13(5-3-2-4-11(13)17)8-15-12(18)10-6-9(16)7-14-10/h9-11,14,16-17H,2-8H2,1H3,(H,15,18)/t9-,10+,11+,13-/m1/s1. The Labute approximate surface area is 108 Å². The van der Waals surface area contributed by atoms with E-state index in [2.05, 4.69) is 10.6 Å². The lowest BCUT2D eigenvalue weighted by atomic mass is 9.73. The maximum atomic E-state index is 11.9. The van der Waals surface area contributed by atoms with E-state index < -0.39 is 6.10 Å². The van der Waals surface area contributed by atoms with E-state index in [0.717, 1.165) is 25.7 Å². The Bertz CT molecular complexity index is 311. The van der Waals surface area contributed by atoms with Gasteiger partial charge in [0.25, 0.3) is 0 Å². The fourth-order valence-corrected chi connectivity index (χ4v) is 2.92. The number of amides is 1. The van der Waals surface area contributed by atoms with Crippen molar-refractivity contribution in [3.63, 3.8) is 0 Å². The van der Waals surface area contributed by atoms with Gasteiger partial charge in [-0.2, -0.15) is 0 Å². The molecule has 0 aromatic carbocycles. The van der Waals surface area contributed by atoms with Gasteiger partial charge in [0.15, 0.2) is 0 Å². The maximum absolute atomic E-state index is 11.9. The largest absolute Gasteiger partial charge is 0.392 e. The molecule has 2 aliphatic rings. The molecule has 2 rings (SSSR count). The summed E-state index contributed by atoms with van der Waals surface area (Å²) in [4.78, 5) is 11.9. The van der Waals surface area contributed by atoms with Crippen LogP contribution < -0.4 is 10.6 Å². The number of nitrogens with one attached hydrogen (secondary N) is 2. The average Bonchev–Trinajstić information content (AvgIpc) is 2.77. The third-order valence-corrected chi connectivity index (χ3v) is 4.37. The molecule has 0 radical (unpaired) electrons. The van der Waals surface area contributed by atoms with Crippen molar-refractivity contribution >= 4 is 5.91 Å². The highest BCUT2D eigenvalue weighted by Crippen LogP contribution is 2.35. The highest BCUT2D eigenvalue weighted by Gasteiger charge is 2.36. The zero-order valence-corrected chi connectivity index (χ0v) is 11.0. The molecule has 1 saturated carbocycles. The minimum Gasteiger partial charge on any atom is -0.392 e. The molecular weight excluding hydrogens is 232 g/mol. The second-order valence-corrected chi connectivity index (χ2v) is 5.98. The molecule has 104 valence electrons. The van der Waals surface area contributed by atoms with Crippen molar-refractivity contribution in [2.75, 3.05) is 13.1 Å². The van der Waals surface area contributed by atoms with Crippen molar-refractivity contribution in [1.82, 2.24) is 10.6 Å². The summed E-state index contributed by atoms with van der Waals surface area (Å²) in [5.74, 6) is -0.0643. The molecule has 0 bridgehead atoms. The monoisotopic (exact) mass is 256 g/mol. The second-order valence-electron chi connectivity index (χ2n) is 5.98. The number of hydrogen-bond acceptors (Lipinski definition) is 4. The smallest absolute Gasteiger partial charge is 0.237 e. The average molecular weight is 256 g/mol. The van der Waals surface area contributed by atoms with E-state index in [1.54, 1.807) is 0 Å². The number of aliphatic hydroxyl groups excluding tert-OH is 2. The van der Waals surface area contributed by atoms with Gasteiger partial charge in [-0.05, 0) is 19.3 Å². The molecule has 1 aliphatic heterocycles. The lowest BCUT2D eigenvalue weighted by Crippen LogP contribution is -2.49. The van der Waals surface area contributed by atoms with E-state index in [-0.39, 0.29) is 23.5 Å². The van der Waals surface area contributed by atoms with Gasteiger partial charge >= 0.3 is 0 Å². The Morgan fingerprint density at radius 2 is 2.22 bits per heavy atom. The highest BCUT2D eigenvalue weighted by molar-refractivity contribution is 5.82. The third-order valence-electron chi connectivity index (χ3n) is 4.37. The van der Waals surface area contributed by atoms with Gasteiger partial charge in [0.1, 0.15) is 0 Å². The van der Waals surface area contributed by atoms with Crippen molar-refractivity contribution in [2.24, 2.45) is 5.41 Å². The van der Waals surface area contributed by atoms with Crippen molar-refractivity contribution in [3.8, 4) is 0 Å². The van der Waals surface area contributed by atoms with Crippen LogP contribution in [0, 0.1) is 5.41 Å². The van der Waals surface area contributed by atoms with Crippen LogP contribution in [0.1, 0.15) is 39.0 Å². The summed E-state index contributed by atoms with van der Waals surface area (Å²) >= 11 is 0. The minimum absolute atomic E-state index is 0.0643. The van der Waals surface area contributed by atoms with Gasteiger partial charge in [-0.3, -0.25) is 4.79 Å². The van der Waals surface area contributed by atoms with Crippen LogP contribution in [0.2, 0.25) is 0 Å². The zero-order valence-electron chi connectivity index (χ0n) is 11.0. The summed E-state index contributed by atoms with van der Waals surface area (Å²) in [6.45, 7) is 3.04. The minimum atomic E-state index is -0.420. The fourth-order valence-electron chi connectivity index (χ4n) is 2.92. The van der Waals surface area contributed by atoms with Crippen LogP contribution in [-0.4, -0.2) is 47.5 Å². The van der Waals surface area contributed by atoms with E-state index in [1.165, 1.54) is 0 Å². The van der Waals surface area contributed by atoms with Gasteiger partial charge in [-0.25, -0.2) is 0 Å². The molecular formula is C13H24N2O3. The molecule has 0 unspecified atom stereocenters. The van der Waals surface area contributed by atoms with Crippen molar-refractivity contribution in [2.45, 2.75) is 57.3 Å². The number of aliphatic hydroxyl groups is 2. The first-order valence-electron chi connectivity index (χ1n) is 6.88. The van der Waals surface area contributed by atoms with Gasteiger partial charge in [-0.15, -0.1) is 0 Å². The summed E-state index contributed by atoms with van der Waals surface area (Å²) in [5.41, 5.74) is -0.203. The van der Waals surface area contributed by atoms with Crippen LogP contribution in [0.25, 0.3) is 0 Å². The summed E-state index contributed by atoms with van der Waals surface area (Å²) in [6, 6.07) is -0.288. The van der Waals surface area contributed by atoms with Crippen molar-refractivity contribution in [3.05, 3.63) is 0 Å². The Morgan fingerprint density at radius 3 is 2.83 bits per heavy atom. The van der Waals surface area contributed by atoms with Crippen LogP contribution in [-0.2, 0) is 4.79 Å². The van der Waals surface area contributed by atoms with Gasteiger partial charge in [0.05, 0.1) is 18.2 Å². The van der Waals surface area contributed by atoms with E-state index in [4.69, 9.17) is 0 Å². The molecule has 0 spiro atoms. The van der Waals surface area contributed by atoms with Crippen molar-refractivity contribution in [1.29, 1.82) is 0 Å². The number of hydrogen-bond donors (Lipinski definition) is 4. The topological polar surface area (TPSA) is 81.6 Å². The fraction of sp³-hybridized carbons (Fsp3) is 0.923. The second kappa shape index (κ2) is 5.55. The third kappa shape index (κ3) is 3.02. The quantitative estimate of drug-likeness (QED) is 0.562. The molecule has 0 aromatic heterocycles. The van der Waals surface area contributed by atoms with Crippen molar-refractivity contribution < 1.29 is 15.0 Å². The van der Waals surface area contributed by atoms with E-state index >= 15 is 0 Å². The van der Waals surface area contributed by atoms with Gasteiger partial charge in [0.2, 0.25) is 5.91 Å². The van der Waals surface area contributed by atoms with E-state index in [1.807, 2.05) is 6.92 Å². The predicted octanol–water partition coefficient (Wildman–Crippen LogP) is -0.233. The summed E-state index contributed by atoms with van der Waals surface area (Å²) in [6.07, 6.45) is 3.70. The Kier molecular flexibility index (Phi) is 4.25. The molecule has 1 amide bonds. The highest BCUT2D eigenvalue weighted by atomic mass is 16.3. The Balaban J connectivity index is 1.81. The normalized spacial score (nSPS) is 40.7. The number of carbonyl (C=O) groups is 1. The molecule has 5 heteroatoms. The van der Waals surface area contributed by atoms with E-state index in [0.29, 0.717) is 19.5 Å². The summed E-state index contributed by atoms with van der Waals surface area (Å²) < 4.78 is 0. The molecule has 0 aromatic rings. The molecule has 4 N–H and O–H groups in total. The SMILES string of the molecule is C[C@]1(CNC(=O)[C@@H]2C[C@@H](O)CN2)CCCC[C@@H]1O. The first kappa shape index (κ1) is 13.8. The predicted molar refractivity (Wildman–Crippen MR) is 68.0 cm³/mol. The summed E-state index contributed by atoms with van der Waals surface area (Å²) in [7, 11) is 0. The van der Waals surface area contributed by atoms with Crippen LogP contribution >= 0.6 is 0 Å². The van der Waals surface area contributed by atoms with Crippen LogP contribution in [0.5, 0.6) is 0 Å². The Hall–Kier alpha value is -0.650. The molecule has 1 heterocycles. The first-order chi connectivity index (χ1) is 8.51. The number of rotatable bonds is 3. The Morgan fingerprint density at radius 1 is 1.44 bits per heavy atom. The van der Waals surface area contributed by atoms with Crippen LogP contribution in [0.3, 0.4) is 0 Å². The maximum Gasteiger partial charge on any atom is 0.237 e. The lowest BCUT2D eigenvalue weighted by molar-refractivity contribution is -0.124. The molecule has 1 saturated heterocycles. The van der Waals surface area contributed by atoms with Crippen LogP contribution in [0.4, 0.5) is 0 Å².